The molecule has 0 aliphatic carbocycles. The van der Waals surface area contributed by atoms with Gasteiger partial charge in [0.25, 0.3) is 0 Å². The molecule has 1 unspecified atom stereocenters. The van der Waals surface area contributed by atoms with E-state index in [1.54, 1.807) is 6.08 Å². The molecule has 17 heavy (non-hydrogen) atoms. The van der Waals surface area contributed by atoms with Crippen LogP contribution in [0.25, 0.3) is 0 Å². The van der Waals surface area contributed by atoms with E-state index in [4.69, 9.17) is 9.84 Å². The number of unbranched alkanes of at least 4 members (excludes halogenated alkanes) is 3. The van der Waals surface area contributed by atoms with Crippen LogP contribution in [0, 0.1) is 11.8 Å². The molecule has 3 heteroatoms. The molecule has 2 N–H and O–H groups in total. The molecule has 0 saturated carbocycles. The summed E-state index contributed by atoms with van der Waals surface area (Å²) < 4.78 is 5.20. The van der Waals surface area contributed by atoms with Crippen molar-refractivity contribution in [1.82, 2.24) is 0 Å². The molecule has 0 aromatic rings. The molecule has 1 saturated heterocycles. The minimum absolute atomic E-state index is 0.0197. The van der Waals surface area contributed by atoms with Crippen molar-refractivity contribution in [3.63, 3.8) is 0 Å². The van der Waals surface area contributed by atoms with Crippen molar-refractivity contribution in [2.24, 2.45) is 0 Å². The molecule has 3 atom stereocenters. The number of ether oxygens (including phenoxy) is 1. The van der Waals surface area contributed by atoms with Crippen LogP contribution in [0.2, 0.25) is 0 Å². The molecule has 1 heterocycles. The lowest BCUT2D eigenvalue weighted by atomic mass is 10.1. The van der Waals surface area contributed by atoms with Gasteiger partial charge in [-0.1, -0.05) is 37.7 Å². The number of rotatable bonds is 6. The Morgan fingerprint density at radius 2 is 2.24 bits per heavy atom. The first-order valence-corrected chi connectivity index (χ1v) is 6.28. The van der Waals surface area contributed by atoms with Crippen LogP contribution in [0.4, 0.5) is 0 Å². The highest BCUT2D eigenvalue weighted by Crippen LogP contribution is 2.34. The van der Waals surface area contributed by atoms with E-state index in [-0.39, 0.29) is 12.7 Å². The van der Waals surface area contributed by atoms with Gasteiger partial charge in [-0.25, -0.2) is 0 Å². The molecule has 0 aromatic heterocycles. The van der Waals surface area contributed by atoms with Crippen LogP contribution in [0.5, 0.6) is 0 Å². The average Bonchev–Trinajstić information content (AvgIpc) is 2.98. The van der Waals surface area contributed by atoms with E-state index in [0.717, 1.165) is 12.8 Å². The maximum absolute atomic E-state index is 9.58. The molecule has 96 valence electrons. The number of epoxide rings is 1. The SMILES string of the molecule is CCCCC/C=C/C(O)C#C[C@@]1(C)O[C@H]1CO. The van der Waals surface area contributed by atoms with Crippen molar-refractivity contribution in [3.05, 3.63) is 12.2 Å². The lowest BCUT2D eigenvalue weighted by Crippen LogP contribution is -2.10. The molecule has 0 aromatic carbocycles. The van der Waals surface area contributed by atoms with Gasteiger partial charge in [0.05, 0.1) is 6.61 Å². The van der Waals surface area contributed by atoms with Gasteiger partial charge in [-0.3, -0.25) is 0 Å². The number of aliphatic hydroxyl groups excluding tert-OH is 2. The Kier molecular flexibility index (Phi) is 5.70. The van der Waals surface area contributed by atoms with Gasteiger partial charge in [-0.15, -0.1) is 0 Å². The standard InChI is InChI=1S/C14H22O3/c1-3-4-5-6-7-8-12(16)9-10-14(2)13(11-15)17-14/h7-8,12-13,15-16H,3-6,11H2,1-2H3/b8-7+/t12?,13-,14+/m0/s1. The largest absolute Gasteiger partial charge is 0.394 e. The van der Waals surface area contributed by atoms with Gasteiger partial charge in [0.2, 0.25) is 0 Å². The minimum atomic E-state index is -0.739. The second-order valence-corrected chi connectivity index (χ2v) is 4.53. The first-order valence-electron chi connectivity index (χ1n) is 6.28. The van der Waals surface area contributed by atoms with Crippen molar-refractivity contribution < 1.29 is 14.9 Å². The van der Waals surface area contributed by atoms with Crippen molar-refractivity contribution in [2.45, 2.75) is 57.3 Å². The van der Waals surface area contributed by atoms with Crippen LogP contribution in [-0.2, 0) is 4.74 Å². The molecule has 1 aliphatic rings. The Morgan fingerprint density at radius 3 is 2.82 bits per heavy atom. The smallest absolute Gasteiger partial charge is 0.154 e. The van der Waals surface area contributed by atoms with E-state index in [0.29, 0.717) is 0 Å². The van der Waals surface area contributed by atoms with Gasteiger partial charge in [-0.05, 0) is 25.8 Å². The average molecular weight is 238 g/mol. The zero-order valence-electron chi connectivity index (χ0n) is 10.6. The molecule has 1 rings (SSSR count). The predicted molar refractivity (Wildman–Crippen MR) is 67.4 cm³/mol. The number of aliphatic hydroxyl groups is 2. The zero-order chi connectivity index (χ0) is 12.7. The third kappa shape index (κ3) is 4.91. The highest BCUT2D eigenvalue weighted by Gasteiger charge is 2.50. The Labute approximate surface area is 103 Å². The fourth-order valence-corrected chi connectivity index (χ4v) is 1.59. The van der Waals surface area contributed by atoms with Gasteiger partial charge in [0, 0.05) is 0 Å². The highest BCUT2D eigenvalue weighted by atomic mass is 16.6. The highest BCUT2D eigenvalue weighted by molar-refractivity contribution is 5.26. The minimum Gasteiger partial charge on any atom is -0.394 e. The first kappa shape index (κ1) is 14.2. The van der Waals surface area contributed by atoms with Crippen LogP contribution < -0.4 is 0 Å². The maximum atomic E-state index is 9.58. The summed E-state index contributed by atoms with van der Waals surface area (Å²) in [6.45, 7) is 3.96. The van der Waals surface area contributed by atoms with Crippen molar-refractivity contribution in [3.8, 4) is 11.8 Å². The van der Waals surface area contributed by atoms with Gasteiger partial charge >= 0.3 is 0 Å². The van der Waals surface area contributed by atoms with E-state index >= 15 is 0 Å². The molecule has 0 bridgehead atoms. The third-order valence-corrected chi connectivity index (χ3v) is 2.87. The summed E-state index contributed by atoms with van der Waals surface area (Å²) in [5.74, 6) is 5.58. The first-order chi connectivity index (χ1) is 8.12. The summed E-state index contributed by atoms with van der Waals surface area (Å²) >= 11 is 0. The maximum Gasteiger partial charge on any atom is 0.154 e. The summed E-state index contributed by atoms with van der Waals surface area (Å²) in [5, 5.41) is 18.4. The van der Waals surface area contributed by atoms with Gasteiger partial charge < -0.3 is 14.9 Å². The summed E-state index contributed by atoms with van der Waals surface area (Å²) in [6.07, 6.45) is 7.30. The van der Waals surface area contributed by atoms with Crippen LogP contribution in [0.1, 0.15) is 39.5 Å². The van der Waals surface area contributed by atoms with Crippen LogP contribution in [0.3, 0.4) is 0 Å². The number of hydrogen-bond acceptors (Lipinski definition) is 3. The lowest BCUT2D eigenvalue weighted by molar-refractivity contribution is 0.240. The van der Waals surface area contributed by atoms with Crippen molar-refractivity contribution >= 4 is 0 Å². The molecule has 0 spiro atoms. The summed E-state index contributed by atoms with van der Waals surface area (Å²) in [4.78, 5) is 0. The Bertz CT molecular complexity index is 313. The monoisotopic (exact) mass is 238 g/mol. The second kappa shape index (κ2) is 6.80. The zero-order valence-corrected chi connectivity index (χ0v) is 10.6. The summed E-state index contributed by atoms with van der Waals surface area (Å²) in [6, 6.07) is 0. The van der Waals surface area contributed by atoms with E-state index < -0.39 is 11.7 Å². The van der Waals surface area contributed by atoms with E-state index in [9.17, 15) is 5.11 Å². The predicted octanol–water partition coefficient (Wildman–Crippen LogP) is 1.64. The number of allylic oxidation sites excluding steroid dienone is 1. The number of hydrogen-bond donors (Lipinski definition) is 2. The Hall–Kier alpha value is -0.820. The quantitative estimate of drug-likeness (QED) is 0.320. The van der Waals surface area contributed by atoms with Crippen LogP contribution in [0.15, 0.2) is 12.2 Å². The van der Waals surface area contributed by atoms with E-state index in [2.05, 4.69) is 18.8 Å². The van der Waals surface area contributed by atoms with Gasteiger partial charge in [0.1, 0.15) is 12.2 Å². The summed E-state index contributed by atoms with van der Waals surface area (Å²) in [5.41, 5.74) is -0.564. The Morgan fingerprint density at radius 1 is 1.47 bits per heavy atom. The van der Waals surface area contributed by atoms with E-state index in [1.165, 1.54) is 12.8 Å². The summed E-state index contributed by atoms with van der Waals surface area (Å²) in [7, 11) is 0. The molecule has 1 aliphatic heterocycles. The molecular weight excluding hydrogens is 216 g/mol. The fourth-order valence-electron chi connectivity index (χ4n) is 1.59. The van der Waals surface area contributed by atoms with Crippen LogP contribution >= 0.6 is 0 Å². The second-order valence-electron chi connectivity index (χ2n) is 4.53. The topological polar surface area (TPSA) is 53.0 Å². The van der Waals surface area contributed by atoms with Crippen molar-refractivity contribution in [2.75, 3.05) is 6.61 Å². The molecule has 3 nitrogen and oxygen atoms in total. The lowest BCUT2D eigenvalue weighted by Gasteiger charge is -1.96. The fraction of sp³-hybridized carbons (Fsp3) is 0.714. The Balaban J connectivity index is 2.25. The normalized spacial score (nSPS) is 28.8. The molecule has 0 amide bonds. The molecule has 1 fully saturated rings. The third-order valence-electron chi connectivity index (χ3n) is 2.87. The van der Waals surface area contributed by atoms with Crippen molar-refractivity contribution in [1.29, 1.82) is 0 Å². The van der Waals surface area contributed by atoms with Gasteiger partial charge in [0.15, 0.2) is 5.60 Å². The molecule has 0 radical (unpaired) electrons. The van der Waals surface area contributed by atoms with Gasteiger partial charge in [-0.2, -0.15) is 0 Å². The molecular formula is C14H22O3. The van der Waals surface area contributed by atoms with Crippen LogP contribution in [-0.4, -0.2) is 34.6 Å². The van der Waals surface area contributed by atoms with E-state index in [1.807, 2.05) is 13.0 Å².